The number of amides is 1. The number of anilines is 1. The molecule has 0 bridgehead atoms. The molecule has 3 heterocycles. The maximum Gasteiger partial charge on any atom is 0.343 e. The van der Waals surface area contributed by atoms with Crippen LogP contribution in [-0.2, 0) is 11.3 Å². The molecule has 2 aromatic rings. The summed E-state index contributed by atoms with van der Waals surface area (Å²) in [6.45, 7) is 5.72. The summed E-state index contributed by atoms with van der Waals surface area (Å²) in [7, 11) is 0. The molecule has 0 spiro atoms. The second kappa shape index (κ2) is 8.88. The number of carbonyl (C=O) groups is 1. The molecule has 2 N–H and O–H groups in total. The van der Waals surface area contributed by atoms with E-state index in [2.05, 4.69) is 27.0 Å². The Labute approximate surface area is 156 Å². The first kappa shape index (κ1) is 18.5. The largest absolute Gasteiger partial charge is 0.343 e. The van der Waals surface area contributed by atoms with Crippen LogP contribution in [0.2, 0.25) is 0 Å². The molecule has 3 rings (SSSR count). The molecule has 0 saturated carbocycles. The molecule has 0 atom stereocenters. The zero-order chi connectivity index (χ0) is 18.4. The molecule has 0 radical (unpaired) electrons. The van der Waals surface area contributed by atoms with E-state index >= 15 is 0 Å². The fraction of sp³-hybridized carbons (Fsp3) is 0.529. The van der Waals surface area contributed by atoms with Gasteiger partial charge >= 0.3 is 5.69 Å². The third-order valence-electron chi connectivity index (χ3n) is 4.45. The zero-order valence-electron chi connectivity index (χ0n) is 15.0. The van der Waals surface area contributed by atoms with Crippen molar-refractivity contribution in [2.45, 2.75) is 31.5 Å². The van der Waals surface area contributed by atoms with Gasteiger partial charge in [0, 0.05) is 12.6 Å². The first-order chi connectivity index (χ1) is 12.7. The Hall–Kier alpha value is -2.29. The number of rotatable bonds is 7. The highest BCUT2D eigenvalue weighted by molar-refractivity contribution is 7.99. The van der Waals surface area contributed by atoms with Crippen LogP contribution in [0.1, 0.15) is 19.8 Å². The Morgan fingerprint density at radius 1 is 1.31 bits per heavy atom. The molecule has 9 heteroatoms. The van der Waals surface area contributed by atoms with Gasteiger partial charge in [-0.1, -0.05) is 31.2 Å². The predicted octanol–water partition coefficient (Wildman–Crippen LogP) is 0.627. The molecule has 0 unspecified atom stereocenters. The molecule has 1 saturated heterocycles. The van der Waals surface area contributed by atoms with Crippen molar-refractivity contribution in [2.24, 2.45) is 0 Å². The molecule has 1 amide bonds. The maximum absolute atomic E-state index is 12.5. The number of thioether (sulfide) groups is 1. The van der Waals surface area contributed by atoms with Gasteiger partial charge in [0.25, 0.3) is 5.82 Å². The second-order valence-corrected chi connectivity index (χ2v) is 7.16. The van der Waals surface area contributed by atoms with E-state index in [0.29, 0.717) is 30.5 Å². The lowest BCUT2D eigenvalue weighted by Gasteiger charge is -2.30. The fourth-order valence-corrected chi connectivity index (χ4v) is 3.80. The Kier molecular flexibility index (Phi) is 6.32. The third-order valence-corrected chi connectivity index (χ3v) is 5.41. The summed E-state index contributed by atoms with van der Waals surface area (Å²) in [4.78, 5) is 31.6. The maximum atomic E-state index is 12.5. The van der Waals surface area contributed by atoms with E-state index in [-0.39, 0.29) is 11.6 Å². The van der Waals surface area contributed by atoms with Crippen molar-refractivity contribution in [3.8, 4) is 0 Å². The number of hydrogen-bond donors (Lipinski definition) is 1. The number of hydrogen-bond acceptors (Lipinski definition) is 5. The monoisotopic (exact) mass is 377 g/mol. The Bertz CT molecular complexity index is 767. The summed E-state index contributed by atoms with van der Waals surface area (Å²) in [5, 5.41) is 7.11. The van der Waals surface area contributed by atoms with Crippen LogP contribution in [0, 0.1) is 0 Å². The molecular formula is C17H25N6O2S+. The van der Waals surface area contributed by atoms with Gasteiger partial charge in [-0.25, -0.2) is 14.9 Å². The van der Waals surface area contributed by atoms with Crippen LogP contribution in [0.25, 0.3) is 0 Å². The van der Waals surface area contributed by atoms with Crippen LogP contribution in [0.4, 0.5) is 5.82 Å². The smallest absolute Gasteiger partial charge is 0.334 e. The second-order valence-electron chi connectivity index (χ2n) is 6.22. The van der Waals surface area contributed by atoms with Crippen LogP contribution in [-0.4, -0.2) is 57.5 Å². The number of piperazine rings is 1. The van der Waals surface area contributed by atoms with Crippen LogP contribution in [0.3, 0.4) is 0 Å². The van der Waals surface area contributed by atoms with Gasteiger partial charge in [0.15, 0.2) is 5.16 Å². The average molecular weight is 377 g/mol. The molecule has 0 aliphatic carbocycles. The number of aromatic nitrogens is 4. The van der Waals surface area contributed by atoms with Crippen molar-refractivity contribution >= 4 is 23.5 Å². The highest BCUT2D eigenvalue weighted by Crippen LogP contribution is 2.16. The summed E-state index contributed by atoms with van der Waals surface area (Å²) in [5.74, 6) is 1.46. The standard InChI is InChI=1S/C17H24N6O2S/c1-2-3-8-23-16(25)19-20-17(23)26-13-15(24)22-11-9-21(10-12-22)14-6-4-5-7-18-14/h4-7H,2-3,8-13H2,1H3,(H,19,25)/p+1. The van der Waals surface area contributed by atoms with Gasteiger partial charge < -0.3 is 4.90 Å². The number of pyridine rings is 1. The summed E-state index contributed by atoms with van der Waals surface area (Å²) in [6, 6.07) is 6.00. The first-order valence-corrected chi connectivity index (χ1v) is 9.95. The molecule has 26 heavy (non-hydrogen) atoms. The number of aromatic amines is 2. The molecule has 1 fully saturated rings. The lowest BCUT2D eigenvalue weighted by atomic mass is 10.3. The SMILES string of the molecule is CCCCn1c(SCC(=O)N2CCN(c3cccc[nH+]3)CC2)n[nH]c1=O. The summed E-state index contributed by atoms with van der Waals surface area (Å²) < 4.78 is 1.62. The van der Waals surface area contributed by atoms with Crippen molar-refractivity contribution in [1.29, 1.82) is 0 Å². The van der Waals surface area contributed by atoms with Gasteiger partial charge in [-0.05, 0) is 12.5 Å². The quantitative estimate of drug-likeness (QED) is 0.715. The molecule has 2 aromatic heterocycles. The minimum absolute atomic E-state index is 0.0872. The average Bonchev–Trinajstić information content (AvgIpc) is 3.04. The van der Waals surface area contributed by atoms with Gasteiger partial charge in [-0.15, -0.1) is 5.10 Å². The van der Waals surface area contributed by atoms with Crippen molar-refractivity contribution in [3.63, 3.8) is 0 Å². The lowest BCUT2D eigenvalue weighted by Crippen LogP contribution is -2.50. The van der Waals surface area contributed by atoms with Gasteiger partial charge in [-0.3, -0.25) is 14.3 Å². The van der Waals surface area contributed by atoms with E-state index in [1.165, 1.54) is 11.8 Å². The van der Waals surface area contributed by atoms with E-state index in [1.54, 1.807) is 4.57 Å². The molecule has 1 aliphatic heterocycles. The van der Waals surface area contributed by atoms with E-state index in [0.717, 1.165) is 31.7 Å². The minimum atomic E-state index is -0.207. The molecule has 1 aliphatic rings. The Morgan fingerprint density at radius 2 is 2.12 bits per heavy atom. The van der Waals surface area contributed by atoms with Gasteiger partial charge in [-0.2, -0.15) is 0 Å². The summed E-state index contributed by atoms with van der Waals surface area (Å²) in [6.07, 6.45) is 3.83. The van der Waals surface area contributed by atoms with Crippen LogP contribution >= 0.6 is 11.8 Å². The van der Waals surface area contributed by atoms with E-state index in [1.807, 2.05) is 29.3 Å². The first-order valence-electron chi connectivity index (χ1n) is 8.96. The number of unbranched alkanes of at least 4 members (excludes halogenated alkanes) is 1. The molecular weight excluding hydrogens is 352 g/mol. The van der Waals surface area contributed by atoms with Crippen molar-refractivity contribution in [3.05, 3.63) is 34.9 Å². The Morgan fingerprint density at radius 3 is 2.81 bits per heavy atom. The van der Waals surface area contributed by atoms with Gasteiger partial charge in [0.1, 0.15) is 13.1 Å². The fourth-order valence-electron chi connectivity index (χ4n) is 2.92. The minimum Gasteiger partial charge on any atom is -0.334 e. The van der Waals surface area contributed by atoms with Crippen LogP contribution in [0.5, 0.6) is 0 Å². The Balaban J connectivity index is 1.50. The normalized spacial score (nSPS) is 14.7. The van der Waals surface area contributed by atoms with Crippen LogP contribution < -0.4 is 15.6 Å². The summed E-state index contributed by atoms with van der Waals surface area (Å²) >= 11 is 1.33. The molecule has 0 aromatic carbocycles. The van der Waals surface area contributed by atoms with Crippen molar-refractivity contribution in [1.82, 2.24) is 19.7 Å². The van der Waals surface area contributed by atoms with Gasteiger partial charge in [0.05, 0.1) is 25.0 Å². The van der Waals surface area contributed by atoms with E-state index in [9.17, 15) is 9.59 Å². The molecule has 140 valence electrons. The van der Waals surface area contributed by atoms with E-state index < -0.39 is 0 Å². The van der Waals surface area contributed by atoms with E-state index in [4.69, 9.17) is 0 Å². The van der Waals surface area contributed by atoms with Crippen LogP contribution in [0.15, 0.2) is 34.3 Å². The zero-order valence-corrected chi connectivity index (χ0v) is 15.8. The highest BCUT2D eigenvalue weighted by Gasteiger charge is 2.26. The predicted molar refractivity (Wildman–Crippen MR) is 100 cm³/mol. The third kappa shape index (κ3) is 4.46. The number of carbonyl (C=O) groups excluding carboxylic acids is 1. The molecule has 8 nitrogen and oxygen atoms in total. The number of H-pyrrole nitrogens is 2. The number of nitrogens with one attached hydrogen (secondary N) is 2. The van der Waals surface area contributed by atoms with Crippen molar-refractivity contribution in [2.75, 3.05) is 36.8 Å². The summed E-state index contributed by atoms with van der Waals surface area (Å²) in [5.41, 5.74) is -0.207. The number of nitrogens with zero attached hydrogens (tertiary/aromatic N) is 4. The highest BCUT2D eigenvalue weighted by atomic mass is 32.2. The lowest BCUT2D eigenvalue weighted by molar-refractivity contribution is -0.364. The van der Waals surface area contributed by atoms with Crippen molar-refractivity contribution < 1.29 is 9.78 Å². The van der Waals surface area contributed by atoms with Gasteiger partial charge in [0.2, 0.25) is 5.91 Å². The topological polar surface area (TPSA) is 88.4 Å².